The standard InChI is InChI=1S/C14H20O2/c1-3-13(12(2)15)8-7-11-16-14-9-5-4-6-10-14/h4-6,9-10,13H,3,7-8,11H2,1-2H3. The Bertz CT molecular complexity index is 306. The summed E-state index contributed by atoms with van der Waals surface area (Å²) in [4.78, 5) is 11.2. The number of hydrogen-bond acceptors (Lipinski definition) is 2. The fourth-order valence-electron chi connectivity index (χ4n) is 1.73. The van der Waals surface area contributed by atoms with Crippen molar-refractivity contribution in [1.29, 1.82) is 0 Å². The van der Waals surface area contributed by atoms with Gasteiger partial charge in [0.25, 0.3) is 0 Å². The molecule has 0 N–H and O–H groups in total. The van der Waals surface area contributed by atoms with E-state index in [0.29, 0.717) is 12.4 Å². The Morgan fingerprint density at radius 1 is 1.31 bits per heavy atom. The molecule has 16 heavy (non-hydrogen) atoms. The van der Waals surface area contributed by atoms with E-state index in [9.17, 15) is 4.79 Å². The zero-order chi connectivity index (χ0) is 11.8. The molecule has 2 heteroatoms. The van der Waals surface area contributed by atoms with E-state index in [4.69, 9.17) is 4.74 Å². The first-order valence-electron chi connectivity index (χ1n) is 5.92. The lowest BCUT2D eigenvalue weighted by Gasteiger charge is -2.11. The summed E-state index contributed by atoms with van der Waals surface area (Å²) in [7, 11) is 0. The van der Waals surface area contributed by atoms with Crippen LogP contribution in [-0.4, -0.2) is 12.4 Å². The minimum absolute atomic E-state index is 0.208. The van der Waals surface area contributed by atoms with E-state index in [2.05, 4.69) is 6.92 Å². The van der Waals surface area contributed by atoms with Crippen molar-refractivity contribution in [2.75, 3.05) is 6.61 Å². The van der Waals surface area contributed by atoms with E-state index in [0.717, 1.165) is 25.0 Å². The molecule has 0 amide bonds. The van der Waals surface area contributed by atoms with E-state index in [-0.39, 0.29) is 5.92 Å². The van der Waals surface area contributed by atoms with Gasteiger partial charge in [-0.15, -0.1) is 0 Å². The highest BCUT2D eigenvalue weighted by Crippen LogP contribution is 2.13. The zero-order valence-electron chi connectivity index (χ0n) is 10.1. The van der Waals surface area contributed by atoms with Crippen molar-refractivity contribution in [2.45, 2.75) is 33.1 Å². The van der Waals surface area contributed by atoms with Crippen molar-refractivity contribution in [1.82, 2.24) is 0 Å². The average Bonchev–Trinajstić information content (AvgIpc) is 2.30. The number of hydrogen-bond donors (Lipinski definition) is 0. The molecule has 0 spiro atoms. The summed E-state index contributed by atoms with van der Waals surface area (Å²) in [5.41, 5.74) is 0. The van der Waals surface area contributed by atoms with Gasteiger partial charge in [-0.3, -0.25) is 4.79 Å². The largest absolute Gasteiger partial charge is 0.494 e. The molecule has 0 heterocycles. The van der Waals surface area contributed by atoms with Gasteiger partial charge in [0, 0.05) is 5.92 Å². The molecule has 0 radical (unpaired) electrons. The summed E-state index contributed by atoms with van der Waals surface area (Å²) in [6, 6.07) is 9.78. The minimum atomic E-state index is 0.208. The molecule has 0 aliphatic heterocycles. The van der Waals surface area contributed by atoms with Gasteiger partial charge in [0.05, 0.1) is 6.61 Å². The molecule has 0 aliphatic carbocycles. The molecule has 0 saturated heterocycles. The van der Waals surface area contributed by atoms with Crippen molar-refractivity contribution >= 4 is 5.78 Å². The Hall–Kier alpha value is -1.31. The van der Waals surface area contributed by atoms with Crippen LogP contribution in [0.15, 0.2) is 30.3 Å². The van der Waals surface area contributed by atoms with Crippen LogP contribution in [0.5, 0.6) is 5.75 Å². The van der Waals surface area contributed by atoms with Gasteiger partial charge < -0.3 is 4.74 Å². The average molecular weight is 220 g/mol. The van der Waals surface area contributed by atoms with Crippen LogP contribution in [0.25, 0.3) is 0 Å². The monoisotopic (exact) mass is 220 g/mol. The highest BCUT2D eigenvalue weighted by Gasteiger charge is 2.10. The molecule has 0 bridgehead atoms. The number of Topliss-reactive ketones (excluding diaryl/α,β-unsaturated/α-hetero) is 1. The Kier molecular flexibility index (Phi) is 5.62. The molecule has 88 valence electrons. The fourth-order valence-corrected chi connectivity index (χ4v) is 1.73. The smallest absolute Gasteiger partial charge is 0.132 e. The van der Waals surface area contributed by atoms with Gasteiger partial charge in [0.1, 0.15) is 11.5 Å². The first-order valence-corrected chi connectivity index (χ1v) is 5.92. The topological polar surface area (TPSA) is 26.3 Å². The predicted octanol–water partition coefficient (Wildman–Crippen LogP) is 3.46. The third-order valence-corrected chi connectivity index (χ3v) is 2.78. The fraction of sp³-hybridized carbons (Fsp3) is 0.500. The van der Waals surface area contributed by atoms with Crippen LogP contribution < -0.4 is 4.74 Å². The van der Waals surface area contributed by atoms with E-state index in [1.54, 1.807) is 6.92 Å². The molecule has 1 rings (SSSR count). The predicted molar refractivity (Wildman–Crippen MR) is 65.6 cm³/mol. The second-order valence-electron chi connectivity index (χ2n) is 4.02. The quantitative estimate of drug-likeness (QED) is 0.658. The van der Waals surface area contributed by atoms with Crippen molar-refractivity contribution in [3.8, 4) is 5.75 Å². The van der Waals surface area contributed by atoms with Crippen LogP contribution in [0.4, 0.5) is 0 Å². The molecule has 1 unspecified atom stereocenters. The Labute approximate surface area is 97.6 Å². The molecule has 0 aliphatic rings. The summed E-state index contributed by atoms with van der Waals surface area (Å²) in [6.07, 6.45) is 2.80. The van der Waals surface area contributed by atoms with E-state index in [1.807, 2.05) is 30.3 Å². The van der Waals surface area contributed by atoms with Crippen molar-refractivity contribution in [3.63, 3.8) is 0 Å². The van der Waals surface area contributed by atoms with E-state index < -0.39 is 0 Å². The molecule has 1 aromatic rings. The highest BCUT2D eigenvalue weighted by atomic mass is 16.5. The maximum Gasteiger partial charge on any atom is 0.132 e. The number of rotatable bonds is 7. The number of carbonyl (C=O) groups is 1. The van der Waals surface area contributed by atoms with Gasteiger partial charge in [0.2, 0.25) is 0 Å². The Morgan fingerprint density at radius 3 is 2.56 bits per heavy atom. The molecule has 0 saturated carbocycles. The molecule has 1 atom stereocenters. The molecule has 2 nitrogen and oxygen atoms in total. The van der Waals surface area contributed by atoms with Gasteiger partial charge in [-0.1, -0.05) is 25.1 Å². The SMILES string of the molecule is CCC(CCCOc1ccccc1)C(C)=O. The van der Waals surface area contributed by atoms with Crippen molar-refractivity contribution < 1.29 is 9.53 Å². The Morgan fingerprint density at radius 2 is 2.00 bits per heavy atom. The second-order valence-corrected chi connectivity index (χ2v) is 4.02. The lowest BCUT2D eigenvalue weighted by molar-refractivity contribution is -0.121. The maximum absolute atomic E-state index is 11.2. The lowest BCUT2D eigenvalue weighted by Crippen LogP contribution is -2.11. The zero-order valence-corrected chi connectivity index (χ0v) is 10.1. The number of para-hydroxylation sites is 1. The van der Waals surface area contributed by atoms with Gasteiger partial charge in [-0.25, -0.2) is 0 Å². The summed E-state index contributed by atoms with van der Waals surface area (Å²) in [6.45, 7) is 4.42. The highest BCUT2D eigenvalue weighted by molar-refractivity contribution is 5.78. The van der Waals surface area contributed by atoms with Gasteiger partial charge in [0.15, 0.2) is 0 Å². The van der Waals surface area contributed by atoms with Crippen LogP contribution in [0, 0.1) is 5.92 Å². The van der Waals surface area contributed by atoms with Crippen LogP contribution in [-0.2, 0) is 4.79 Å². The molecular formula is C14H20O2. The second kappa shape index (κ2) is 7.04. The summed E-state index contributed by atoms with van der Waals surface area (Å²) >= 11 is 0. The van der Waals surface area contributed by atoms with Crippen LogP contribution in [0.2, 0.25) is 0 Å². The summed E-state index contributed by atoms with van der Waals surface area (Å²) in [5, 5.41) is 0. The first kappa shape index (κ1) is 12.8. The number of benzene rings is 1. The lowest BCUT2D eigenvalue weighted by atomic mass is 9.97. The minimum Gasteiger partial charge on any atom is -0.494 e. The molecule has 0 fully saturated rings. The third-order valence-electron chi connectivity index (χ3n) is 2.78. The first-order chi connectivity index (χ1) is 7.74. The third kappa shape index (κ3) is 4.47. The van der Waals surface area contributed by atoms with Crippen LogP contribution in [0.1, 0.15) is 33.1 Å². The molecular weight excluding hydrogens is 200 g/mol. The van der Waals surface area contributed by atoms with Gasteiger partial charge in [-0.2, -0.15) is 0 Å². The summed E-state index contributed by atoms with van der Waals surface area (Å²) < 4.78 is 5.57. The number of ether oxygens (including phenoxy) is 1. The van der Waals surface area contributed by atoms with E-state index >= 15 is 0 Å². The normalized spacial score (nSPS) is 12.1. The molecule has 0 aromatic heterocycles. The number of ketones is 1. The van der Waals surface area contributed by atoms with Gasteiger partial charge in [-0.05, 0) is 38.3 Å². The van der Waals surface area contributed by atoms with Crippen LogP contribution in [0.3, 0.4) is 0 Å². The number of carbonyl (C=O) groups excluding carboxylic acids is 1. The van der Waals surface area contributed by atoms with Crippen molar-refractivity contribution in [3.05, 3.63) is 30.3 Å². The van der Waals surface area contributed by atoms with Crippen LogP contribution >= 0.6 is 0 Å². The van der Waals surface area contributed by atoms with Gasteiger partial charge >= 0.3 is 0 Å². The molecule has 1 aromatic carbocycles. The summed E-state index contributed by atoms with van der Waals surface area (Å²) in [5.74, 6) is 1.40. The maximum atomic E-state index is 11.2. The van der Waals surface area contributed by atoms with Crippen molar-refractivity contribution in [2.24, 2.45) is 5.92 Å². The Balaban J connectivity index is 2.19. The van der Waals surface area contributed by atoms with E-state index in [1.165, 1.54) is 0 Å².